The second-order valence-electron chi connectivity index (χ2n) is 4.70. The van der Waals surface area contributed by atoms with Gasteiger partial charge in [0.2, 0.25) is 0 Å². The fraction of sp³-hybridized carbons (Fsp3) is 0.294. The van der Waals surface area contributed by atoms with E-state index in [4.69, 9.17) is 9.47 Å². The highest BCUT2D eigenvalue weighted by molar-refractivity contribution is 5.46. The maximum absolute atomic E-state index is 13.1. The van der Waals surface area contributed by atoms with E-state index in [0.29, 0.717) is 13.2 Å². The van der Waals surface area contributed by atoms with Gasteiger partial charge in [0.1, 0.15) is 5.82 Å². The highest BCUT2D eigenvalue weighted by atomic mass is 19.1. The Balaban J connectivity index is 2.06. The Labute approximate surface area is 124 Å². The zero-order chi connectivity index (χ0) is 15.1. The maximum atomic E-state index is 13.1. The van der Waals surface area contributed by atoms with Gasteiger partial charge < -0.3 is 14.8 Å². The predicted molar refractivity (Wildman–Crippen MR) is 82.5 cm³/mol. The molecule has 0 amide bonds. The van der Waals surface area contributed by atoms with Crippen LogP contribution in [-0.4, -0.2) is 13.7 Å². The Morgan fingerprint density at radius 3 is 2.67 bits per heavy atom. The van der Waals surface area contributed by atoms with Gasteiger partial charge in [-0.05, 0) is 42.3 Å². The molecular weight excluding hydrogens is 269 g/mol. The van der Waals surface area contributed by atoms with Crippen LogP contribution in [0.5, 0.6) is 11.5 Å². The molecule has 0 aliphatic carbocycles. The van der Waals surface area contributed by atoms with Crippen LogP contribution in [0.1, 0.15) is 18.9 Å². The molecule has 112 valence electrons. The summed E-state index contributed by atoms with van der Waals surface area (Å²) in [7, 11) is 1.62. The van der Waals surface area contributed by atoms with E-state index in [-0.39, 0.29) is 5.82 Å². The number of hydrogen-bond donors (Lipinski definition) is 1. The summed E-state index contributed by atoms with van der Waals surface area (Å²) in [6, 6.07) is 12.2. The number of hydrogen-bond acceptors (Lipinski definition) is 3. The summed E-state index contributed by atoms with van der Waals surface area (Å²) < 4.78 is 24.1. The van der Waals surface area contributed by atoms with Crippen molar-refractivity contribution in [1.29, 1.82) is 0 Å². The number of anilines is 1. The van der Waals surface area contributed by atoms with Gasteiger partial charge in [-0.15, -0.1) is 0 Å². The van der Waals surface area contributed by atoms with Gasteiger partial charge >= 0.3 is 0 Å². The molecule has 2 aromatic carbocycles. The quantitative estimate of drug-likeness (QED) is 0.827. The molecule has 0 heterocycles. The van der Waals surface area contributed by atoms with Crippen molar-refractivity contribution in [3.63, 3.8) is 0 Å². The minimum Gasteiger partial charge on any atom is -0.493 e. The predicted octanol–water partition coefficient (Wildman–Crippen LogP) is 4.24. The van der Waals surface area contributed by atoms with E-state index < -0.39 is 0 Å². The van der Waals surface area contributed by atoms with Crippen LogP contribution in [0.2, 0.25) is 0 Å². The minimum atomic E-state index is -0.248. The Kier molecular flexibility index (Phi) is 5.43. The van der Waals surface area contributed by atoms with E-state index in [2.05, 4.69) is 12.2 Å². The average molecular weight is 289 g/mol. The van der Waals surface area contributed by atoms with E-state index >= 15 is 0 Å². The number of methoxy groups -OCH3 is 1. The molecule has 0 fully saturated rings. The van der Waals surface area contributed by atoms with Gasteiger partial charge in [-0.25, -0.2) is 4.39 Å². The molecule has 0 unspecified atom stereocenters. The molecule has 2 aromatic rings. The Morgan fingerprint density at radius 2 is 1.95 bits per heavy atom. The highest BCUT2D eigenvalue weighted by Gasteiger charge is 2.05. The maximum Gasteiger partial charge on any atom is 0.161 e. The van der Waals surface area contributed by atoms with Crippen molar-refractivity contribution in [2.45, 2.75) is 19.9 Å². The van der Waals surface area contributed by atoms with Gasteiger partial charge in [0.15, 0.2) is 11.5 Å². The lowest BCUT2D eigenvalue weighted by atomic mass is 10.2. The summed E-state index contributed by atoms with van der Waals surface area (Å²) in [5.74, 6) is 1.21. The molecule has 21 heavy (non-hydrogen) atoms. The average Bonchev–Trinajstić information content (AvgIpc) is 2.51. The Morgan fingerprint density at radius 1 is 1.10 bits per heavy atom. The van der Waals surface area contributed by atoms with Crippen molar-refractivity contribution >= 4 is 5.69 Å². The van der Waals surface area contributed by atoms with Crippen LogP contribution in [0.25, 0.3) is 0 Å². The van der Waals surface area contributed by atoms with Crippen LogP contribution in [0.4, 0.5) is 10.1 Å². The lowest BCUT2D eigenvalue weighted by molar-refractivity contribution is 0.294. The smallest absolute Gasteiger partial charge is 0.161 e. The van der Waals surface area contributed by atoms with Crippen LogP contribution in [0, 0.1) is 5.82 Å². The number of ether oxygens (including phenoxy) is 2. The topological polar surface area (TPSA) is 30.5 Å². The van der Waals surface area contributed by atoms with Crippen LogP contribution in [0.3, 0.4) is 0 Å². The molecule has 2 rings (SSSR count). The first-order valence-corrected chi connectivity index (χ1v) is 7.02. The third-order valence-electron chi connectivity index (χ3n) is 3.01. The number of nitrogens with one attached hydrogen (secondary N) is 1. The third kappa shape index (κ3) is 4.38. The van der Waals surface area contributed by atoms with E-state index in [9.17, 15) is 4.39 Å². The molecule has 0 radical (unpaired) electrons. The van der Waals surface area contributed by atoms with Crippen molar-refractivity contribution < 1.29 is 13.9 Å². The number of rotatable bonds is 7. The summed E-state index contributed by atoms with van der Waals surface area (Å²) in [6.07, 6.45) is 0.939. The standard InChI is InChI=1S/C17H20FNO2/c1-3-9-21-17-10-13(7-8-16(17)20-2)12-19-15-6-4-5-14(18)11-15/h4-8,10-11,19H,3,9,12H2,1-2H3. The molecule has 0 bridgehead atoms. The van der Waals surface area contributed by atoms with E-state index in [1.165, 1.54) is 12.1 Å². The normalized spacial score (nSPS) is 10.2. The molecule has 0 aliphatic rings. The lowest BCUT2D eigenvalue weighted by Crippen LogP contribution is -2.02. The fourth-order valence-electron chi connectivity index (χ4n) is 1.96. The van der Waals surface area contributed by atoms with Crippen LogP contribution >= 0.6 is 0 Å². The van der Waals surface area contributed by atoms with Gasteiger partial charge in [-0.1, -0.05) is 19.1 Å². The third-order valence-corrected chi connectivity index (χ3v) is 3.01. The highest BCUT2D eigenvalue weighted by Crippen LogP contribution is 2.28. The molecule has 0 spiro atoms. The Hall–Kier alpha value is -2.23. The SMILES string of the molecule is CCCOc1cc(CNc2cccc(F)c2)ccc1OC. The second-order valence-corrected chi connectivity index (χ2v) is 4.70. The van der Waals surface area contributed by atoms with Crippen molar-refractivity contribution in [1.82, 2.24) is 0 Å². The monoisotopic (exact) mass is 289 g/mol. The van der Waals surface area contributed by atoms with E-state index in [1.54, 1.807) is 13.2 Å². The first-order valence-electron chi connectivity index (χ1n) is 7.02. The van der Waals surface area contributed by atoms with Crippen LogP contribution in [0.15, 0.2) is 42.5 Å². The van der Waals surface area contributed by atoms with Crippen molar-refractivity contribution in [3.05, 3.63) is 53.8 Å². The molecule has 0 atom stereocenters. The van der Waals surface area contributed by atoms with E-state index in [1.807, 2.05) is 24.3 Å². The van der Waals surface area contributed by atoms with Crippen molar-refractivity contribution in [2.24, 2.45) is 0 Å². The molecule has 4 heteroatoms. The zero-order valence-corrected chi connectivity index (χ0v) is 12.4. The van der Waals surface area contributed by atoms with Gasteiger partial charge in [0, 0.05) is 12.2 Å². The van der Waals surface area contributed by atoms with Gasteiger partial charge in [-0.2, -0.15) is 0 Å². The summed E-state index contributed by atoms with van der Waals surface area (Å²) >= 11 is 0. The summed E-state index contributed by atoms with van der Waals surface area (Å²) in [5.41, 5.74) is 1.80. The molecule has 0 aliphatic heterocycles. The van der Waals surface area contributed by atoms with Crippen molar-refractivity contribution in [2.75, 3.05) is 19.0 Å². The molecule has 3 nitrogen and oxygen atoms in total. The van der Waals surface area contributed by atoms with Gasteiger partial charge in [-0.3, -0.25) is 0 Å². The molecule has 0 saturated heterocycles. The fourth-order valence-corrected chi connectivity index (χ4v) is 1.96. The second kappa shape index (κ2) is 7.53. The van der Waals surface area contributed by atoms with Gasteiger partial charge in [0.25, 0.3) is 0 Å². The first kappa shape index (κ1) is 15.2. The first-order chi connectivity index (χ1) is 10.2. The zero-order valence-electron chi connectivity index (χ0n) is 12.4. The lowest BCUT2D eigenvalue weighted by Gasteiger charge is -2.12. The minimum absolute atomic E-state index is 0.248. The molecule has 0 saturated carbocycles. The van der Waals surface area contributed by atoms with Crippen LogP contribution < -0.4 is 14.8 Å². The largest absolute Gasteiger partial charge is 0.493 e. The Bertz CT molecular complexity index is 587. The number of benzene rings is 2. The molecule has 0 aromatic heterocycles. The summed E-state index contributed by atoms with van der Waals surface area (Å²) in [5, 5.41) is 3.19. The molecular formula is C17H20FNO2. The summed E-state index contributed by atoms with van der Waals surface area (Å²) in [6.45, 7) is 3.30. The molecule has 1 N–H and O–H groups in total. The van der Waals surface area contributed by atoms with Gasteiger partial charge in [0.05, 0.1) is 13.7 Å². The van der Waals surface area contributed by atoms with Crippen molar-refractivity contribution in [3.8, 4) is 11.5 Å². The number of halogens is 1. The summed E-state index contributed by atoms with van der Waals surface area (Å²) in [4.78, 5) is 0. The van der Waals surface area contributed by atoms with Crippen LogP contribution in [-0.2, 0) is 6.54 Å². The van der Waals surface area contributed by atoms with E-state index in [0.717, 1.165) is 29.2 Å².